The Kier molecular flexibility index (Phi) is 5.16. The van der Waals surface area contributed by atoms with Crippen LogP contribution in [0.4, 0.5) is 10.5 Å². The molecule has 1 amide bonds. The Labute approximate surface area is 132 Å². The highest BCUT2D eigenvalue weighted by molar-refractivity contribution is 5.68. The van der Waals surface area contributed by atoms with E-state index >= 15 is 0 Å². The molecule has 1 aromatic rings. The minimum Gasteiger partial charge on any atom is -0.491 e. The zero-order valence-electron chi connectivity index (χ0n) is 13.7. The number of anilines is 1. The molecule has 122 valence electrons. The highest BCUT2D eigenvalue weighted by Crippen LogP contribution is 2.22. The van der Waals surface area contributed by atoms with Crippen molar-refractivity contribution in [2.45, 2.75) is 51.7 Å². The van der Waals surface area contributed by atoms with Gasteiger partial charge in [0.1, 0.15) is 18.0 Å². The highest BCUT2D eigenvalue weighted by atomic mass is 16.6. The number of carbonyl (C=O) groups is 1. The van der Waals surface area contributed by atoms with Crippen LogP contribution in [0.2, 0.25) is 0 Å². The molecule has 5 heteroatoms. The quantitative estimate of drug-likeness (QED) is 0.869. The fraction of sp³-hybridized carbons (Fsp3) is 0.588. The number of nitrogen functional groups attached to an aromatic ring is 1. The number of amides is 1. The number of carbonyl (C=O) groups excluding carboxylic acids is 1. The summed E-state index contributed by atoms with van der Waals surface area (Å²) in [6, 6.07) is 7.36. The lowest BCUT2D eigenvalue weighted by Gasteiger charge is -2.36. The van der Waals surface area contributed by atoms with E-state index in [4.69, 9.17) is 15.2 Å². The molecule has 0 saturated carbocycles. The van der Waals surface area contributed by atoms with Crippen molar-refractivity contribution >= 4 is 11.8 Å². The molecule has 0 radical (unpaired) electrons. The zero-order valence-corrected chi connectivity index (χ0v) is 13.7. The van der Waals surface area contributed by atoms with E-state index in [-0.39, 0.29) is 12.1 Å². The van der Waals surface area contributed by atoms with Crippen LogP contribution in [0, 0.1) is 0 Å². The van der Waals surface area contributed by atoms with Gasteiger partial charge in [0.05, 0.1) is 6.04 Å². The van der Waals surface area contributed by atoms with Crippen LogP contribution in [0.25, 0.3) is 0 Å². The molecule has 1 aliphatic rings. The molecule has 22 heavy (non-hydrogen) atoms. The summed E-state index contributed by atoms with van der Waals surface area (Å²) in [7, 11) is 0. The Morgan fingerprint density at radius 2 is 1.95 bits per heavy atom. The number of piperidine rings is 1. The highest BCUT2D eigenvalue weighted by Gasteiger charge is 2.30. The number of hydrogen-bond donors (Lipinski definition) is 1. The van der Waals surface area contributed by atoms with Gasteiger partial charge < -0.3 is 20.1 Å². The number of rotatable bonds is 3. The second kappa shape index (κ2) is 6.90. The van der Waals surface area contributed by atoms with Crippen molar-refractivity contribution in [1.29, 1.82) is 0 Å². The van der Waals surface area contributed by atoms with Gasteiger partial charge >= 0.3 is 6.09 Å². The largest absolute Gasteiger partial charge is 0.491 e. The molecule has 1 atom stereocenters. The van der Waals surface area contributed by atoms with Gasteiger partial charge in [-0.1, -0.05) is 0 Å². The van der Waals surface area contributed by atoms with Gasteiger partial charge in [-0.25, -0.2) is 4.79 Å². The van der Waals surface area contributed by atoms with Crippen LogP contribution in [-0.4, -0.2) is 35.8 Å². The Bertz CT molecular complexity index is 494. The van der Waals surface area contributed by atoms with Crippen molar-refractivity contribution in [1.82, 2.24) is 4.90 Å². The summed E-state index contributed by atoms with van der Waals surface area (Å²) >= 11 is 0. The molecule has 1 heterocycles. The van der Waals surface area contributed by atoms with Gasteiger partial charge in [-0.05, 0) is 64.3 Å². The van der Waals surface area contributed by atoms with Crippen LogP contribution >= 0.6 is 0 Å². The van der Waals surface area contributed by atoms with E-state index < -0.39 is 5.60 Å². The van der Waals surface area contributed by atoms with E-state index in [9.17, 15) is 4.79 Å². The van der Waals surface area contributed by atoms with Crippen molar-refractivity contribution in [2.24, 2.45) is 0 Å². The van der Waals surface area contributed by atoms with Crippen LogP contribution in [0.1, 0.15) is 40.0 Å². The molecule has 0 spiro atoms. The number of likely N-dealkylation sites (tertiary alicyclic amines) is 1. The minimum absolute atomic E-state index is 0.0566. The van der Waals surface area contributed by atoms with Crippen molar-refractivity contribution in [3.05, 3.63) is 24.3 Å². The topological polar surface area (TPSA) is 64.8 Å². The first-order valence-electron chi connectivity index (χ1n) is 7.83. The molecule has 2 rings (SSSR count). The first-order valence-corrected chi connectivity index (χ1v) is 7.83. The standard InChI is InChI=1S/C17H26N2O3/c1-17(2,3)22-16(20)19-11-5-4-6-14(19)12-21-15-9-7-13(18)8-10-15/h7-10,14H,4-6,11-12,18H2,1-3H3. The number of ether oxygens (including phenoxy) is 2. The van der Waals surface area contributed by atoms with Crippen LogP contribution < -0.4 is 10.5 Å². The van der Waals surface area contributed by atoms with E-state index in [0.29, 0.717) is 12.3 Å². The maximum atomic E-state index is 12.3. The second-order valence-corrected chi connectivity index (χ2v) is 6.70. The molecule has 0 bridgehead atoms. The Morgan fingerprint density at radius 3 is 2.59 bits per heavy atom. The maximum absolute atomic E-state index is 12.3. The molecule has 1 unspecified atom stereocenters. The summed E-state index contributed by atoms with van der Waals surface area (Å²) in [5, 5.41) is 0. The summed E-state index contributed by atoms with van der Waals surface area (Å²) in [5.41, 5.74) is 5.89. The van der Waals surface area contributed by atoms with Crippen molar-refractivity contribution in [3.8, 4) is 5.75 Å². The zero-order chi connectivity index (χ0) is 16.2. The van der Waals surface area contributed by atoms with Crippen molar-refractivity contribution in [2.75, 3.05) is 18.9 Å². The van der Waals surface area contributed by atoms with E-state index in [0.717, 1.165) is 31.6 Å². The van der Waals surface area contributed by atoms with Gasteiger partial charge in [0, 0.05) is 12.2 Å². The smallest absolute Gasteiger partial charge is 0.410 e. The Balaban J connectivity index is 1.94. The SMILES string of the molecule is CC(C)(C)OC(=O)N1CCCCC1COc1ccc(N)cc1. The van der Waals surface area contributed by atoms with Gasteiger partial charge in [0.25, 0.3) is 0 Å². The normalized spacial score (nSPS) is 18.9. The van der Waals surface area contributed by atoms with E-state index in [2.05, 4.69) is 0 Å². The average molecular weight is 306 g/mol. The summed E-state index contributed by atoms with van der Waals surface area (Å²) in [5.74, 6) is 0.768. The molecular formula is C17H26N2O3. The molecule has 1 aromatic carbocycles. The van der Waals surface area contributed by atoms with Crippen molar-refractivity contribution < 1.29 is 14.3 Å². The third-order valence-corrected chi connectivity index (χ3v) is 3.58. The predicted octanol–water partition coefficient (Wildman–Crippen LogP) is 3.44. The summed E-state index contributed by atoms with van der Waals surface area (Å²) in [4.78, 5) is 14.1. The summed E-state index contributed by atoms with van der Waals surface area (Å²) in [6.07, 6.45) is 2.80. The van der Waals surface area contributed by atoms with Gasteiger partial charge in [-0.3, -0.25) is 0 Å². The van der Waals surface area contributed by atoms with E-state index in [1.54, 1.807) is 4.90 Å². The number of hydrogen-bond acceptors (Lipinski definition) is 4. The second-order valence-electron chi connectivity index (χ2n) is 6.70. The monoisotopic (exact) mass is 306 g/mol. The number of nitrogens with two attached hydrogens (primary N) is 1. The average Bonchev–Trinajstić information content (AvgIpc) is 2.45. The van der Waals surface area contributed by atoms with Crippen LogP contribution in [0.3, 0.4) is 0 Å². The Morgan fingerprint density at radius 1 is 1.27 bits per heavy atom. The molecule has 0 aliphatic carbocycles. The Hall–Kier alpha value is -1.91. The minimum atomic E-state index is -0.475. The molecule has 2 N–H and O–H groups in total. The molecule has 5 nitrogen and oxygen atoms in total. The first kappa shape index (κ1) is 16.5. The fourth-order valence-electron chi connectivity index (χ4n) is 2.49. The lowest BCUT2D eigenvalue weighted by molar-refractivity contribution is 0.00361. The van der Waals surface area contributed by atoms with Gasteiger partial charge in [-0.2, -0.15) is 0 Å². The number of benzene rings is 1. The molecule has 1 saturated heterocycles. The predicted molar refractivity (Wildman–Crippen MR) is 86.9 cm³/mol. The maximum Gasteiger partial charge on any atom is 0.410 e. The molecule has 0 aromatic heterocycles. The number of nitrogens with zero attached hydrogens (tertiary/aromatic N) is 1. The van der Waals surface area contributed by atoms with Crippen LogP contribution in [-0.2, 0) is 4.74 Å². The van der Waals surface area contributed by atoms with Gasteiger partial charge in [-0.15, -0.1) is 0 Å². The van der Waals surface area contributed by atoms with Crippen LogP contribution in [0.15, 0.2) is 24.3 Å². The van der Waals surface area contributed by atoms with E-state index in [1.165, 1.54) is 0 Å². The first-order chi connectivity index (χ1) is 10.3. The molecule has 1 fully saturated rings. The molecule has 1 aliphatic heterocycles. The van der Waals surface area contributed by atoms with Gasteiger partial charge in [0.2, 0.25) is 0 Å². The third kappa shape index (κ3) is 4.83. The van der Waals surface area contributed by atoms with E-state index in [1.807, 2.05) is 45.0 Å². The van der Waals surface area contributed by atoms with Gasteiger partial charge in [0.15, 0.2) is 0 Å². The summed E-state index contributed by atoms with van der Waals surface area (Å²) < 4.78 is 11.3. The van der Waals surface area contributed by atoms with Crippen LogP contribution in [0.5, 0.6) is 5.75 Å². The lowest BCUT2D eigenvalue weighted by atomic mass is 10.0. The fourth-order valence-corrected chi connectivity index (χ4v) is 2.49. The lowest BCUT2D eigenvalue weighted by Crippen LogP contribution is -2.48. The van der Waals surface area contributed by atoms with Crippen molar-refractivity contribution in [3.63, 3.8) is 0 Å². The molecular weight excluding hydrogens is 280 g/mol. The summed E-state index contributed by atoms with van der Waals surface area (Å²) in [6.45, 7) is 6.85. The third-order valence-electron chi connectivity index (χ3n) is 3.58.